The molecule has 3 heteroatoms. The molecule has 1 rings (SSSR count). The van der Waals surface area contributed by atoms with E-state index in [-0.39, 0.29) is 12.1 Å². The van der Waals surface area contributed by atoms with Crippen LogP contribution in [-0.4, -0.2) is 37.0 Å². The summed E-state index contributed by atoms with van der Waals surface area (Å²) in [6.45, 7) is 4.83. The molecule has 1 unspecified atom stereocenters. The standard InChI is InChI=1S/C9H19NO2/c1-2-10-9(8-11)4-3-6-12-7-5-9/h10-11H,2-8H2,1H3. The highest BCUT2D eigenvalue weighted by molar-refractivity contribution is 4.88. The maximum Gasteiger partial charge on any atom is 0.0614 e. The van der Waals surface area contributed by atoms with E-state index in [4.69, 9.17) is 4.74 Å². The first kappa shape index (κ1) is 9.96. The molecule has 1 aliphatic rings. The Hall–Kier alpha value is -0.120. The molecule has 1 aliphatic heterocycles. The van der Waals surface area contributed by atoms with Crippen molar-refractivity contribution in [1.29, 1.82) is 0 Å². The molecule has 0 aliphatic carbocycles. The summed E-state index contributed by atoms with van der Waals surface area (Å²) in [5, 5.41) is 12.6. The average molecular weight is 173 g/mol. The highest BCUT2D eigenvalue weighted by Crippen LogP contribution is 2.20. The van der Waals surface area contributed by atoms with Crippen molar-refractivity contribution >= 4 is 0 Å². The van der Waals surface area contributed by atoms with Crippen LogP contribution in [0.15, 0.2) is 0 Å². The number of aliphatic hydroxyl groups excluding tert-OH is 1. The zero-order valence-corrected chi connectivity index (χ0v) is 7.81. The zero-order chi connectivity index (χ0) is 8.86. The summed E-state index contributed by atoms with van der Waals surface area (Å²) in [5.41, 5.74) is -0.0642. The topological polar surface area (TPSA) is 41.5 Å². The Morgan fingerprint density at radius 1 is 1.42 bits per heavy atom. The molecule has 0 radical (unpaired) electrons. The Labute approximate surface area is 74.1 Å². The third-order valence-corrected chi connectivity index (χ3v) is 2.52. The van der Waals surface area contributed by atoms with Gasteiger partial charge in [-0.1, -0.05) is 6.92 Å². The van der Waals surface area contributed by atoms with Crippen LogP contribution in [0.1, 0.15) is 26.2 Å². The van der Waals surface area contributed by atoms with Crippen LogP contribution in [0.3, 0.4) is 0 Å². The summed E-state index contributed by atoms with van der Waals surface area (Å²) in [6.07, 6.45) is 3.00. The number of likely N-dealkylation sites (N-methyl/N-ethyl adjacent to an activating group) is 1. The lowest BCUT2D eigenvalue weighted by atomic mass is 9.91. The summed E-state index contributed by atoms with van der Waals surface area (Å²) >= 11 is 0. The number of rotatable bonds is 3. The molecule has 72 valence electrons. The van der Waals surface area contributed by atoms with Gasteiger partial charge < -0.3 is 15.2 Å². The van der Waals surface area contributed by atoms with Crippen LogP contribution in [0.5, 0.6) is 0 Å². The Kier molecular flexibility index (Phi) is 3.98. The Morgan fingerprint density at radius 2 is 2.25 bits per heavy atom. The lowest BCUT2D eigenvalue weighted by molar-refractivity contribution is 0.115. The molecule has 1 fully saturated rings. The van der Waals surface area contributed by atoms with Crippen LogP contribution in [0.25, 0.3) is 0 Å². The fourth-order valence-electron chi connectivity index (χ4n) is 1.77. The fourth-order valence-corrected chi connectivity index (χ4v) is 1.77. The van der Waals surface area contributed by atoms with E-state index in [1.165, 1.54) is 0 Å². The summed E-state index contributed by atoms with van der Waals surface area (Å²) in [4.78, 5) is 0. The van der Waals surface area contributed by atoms with Gasteiger partial charge in [-0.15, -0.1) is 0 Å². The van der Waals surface area contributed by atoms with Crippen molar-refractivity contribution in [2.45, 2.75) is 31.7 Å². The van der Waals surface area contributed by atoms with Crippen molar-refractivity contribution in [3.8, 4) is 0 Å². The van der Waals surface area contributed by atoms with E-state index >= 15 is 0 Å². The first-order valence-corrected chi connectivity index (χ1v) is 4.76. The van der Waals surface area contributed by atoms with Crippen molar-refractivity contribution in [3.05, 3.63) is 0 Å². The predicted molar refractivity (Wildman–Crippen MR) is 48.2 cm³/mol. The molecule has 1 saturated heterocycles. The minimum Gasteiger partial charge on any atom is -0.394 e. The molecule has 0 bridgehead atoms. The van der Waals surface area contributed by atoms with E-state index in [9.17, 15) is 5.11 Å². The van der Waals surface area contributed by atoms with Gasteiger partial charge in [0, 0.05) is 18.8 Å². The Morgan fingerprint density at radius 3 is 2.92 bits per heavy atom. The quantitative estimate of drug-likeness (QED) is 0.654. The minimum absolute atomic E-state index is 0.0642. The van der Waals surface area contributed by atoms with Gasteiger partial charge in [0.05, 0.1) is 6.61 Å². The second kappa shape index (κ2) is 4.80. The monoisotopic (exact) mass is 173 g/mol. The Bertz CT molecular complexity index is 120. The van der Waals surface area contributed by atoms with Gasteiger partial charge in [-0.3, -0.25) is 0 Å². The molecule has 0 aromatic carbocycles. The van der Waals surface area contributed by atoms with Crippen molar-refractivity contribution in [3.63, 3.8) is 0 Å². The Balaban J connectivity index is 2.48. The second-order valence-electron chi connectivity index (χ2n) is 3.43. The lowest BCUT2D eigenvalue weighted by Gasteiger charge is -2.30. The van der Waals surface area contributed by atoms with E-state index in [0.717, 1.165) is 39.0 Å². The third-order valence-electron chi connectivity index (χ3n) is 2.52. The maximum atomic E-state index is 9.28. The summed E-state index contributed by atoms with van der Waals surface area (Å²) in [7, 11) is 0. The fraction of sp³-hybridized carbons (Fsp3) is 1.00. The van der Waals surface area contributed by atoms with Gasteiger partial charge in [0.25, 0.3) is 0 Å². The highest BCUT2D eigenvalue weighted by Gasteiger charge is 2.28. The van der Waals surface area contributed by atoms with E-state index in [1.54, 1.807) is 0 Å². The van der Waals surface area contributed by atoms with E-state index in [0.29, 0.717) is 0 Å². The zero-order valence-electron chi connectivity index (χ0n) is 7.81. The smallest absolute Gasteiger partial charge is 0.0614 e. The van der Waals surface area contributed by atoms with Gasteiger partial charge >= 0.3 is 0 Å². The summed E-state index contributed by atoms with van der Waals surface area (Å²) < 4.78 is 5.35. The number of nitrogens with one attached hydrogen (secondary N) is 1. The SMILES string of the molecule is CCNC1(CO)CCCOCC1. The molecule has 0 amide bonds. The van der Waals surface area contributed by atoms with Gasteiger partial charge in [-0.25, -0.2) is 0 Å². The van der Waals surface area contributed by atoms with Gasteiger partial charge in [-0.2, -0.15) is 0 Å². The molecule has 1 atom stereocenters. The van der Waals surface area contributed by atoms with Gasteiger partial charge in [0.1, 0.15) is 0 Å². The van der Waals surface area contributed by atoms with E-state index in [2.05, 4.69) is 12.2 Å². The average Bonchev–Trinajstić information content (AvgIpc) is 2.32. The normalized spacial score (nSPS) is 31.5. The van der Waals surface area contributed by atoms with Gasteiger partial charge in [0.2, 0.25) is 0 Å². The first-order chi connectivity index (χ1) is 5.83. The van der Waals surface area contributed by atoms with Crippen LogP contribution in [-0.2, 0) is 4.74 Å². The van der Waals surface area contributed by atoms with Crippen LogP contribution >= 0.6 is 0 Å². The number of ether oxygens (including phenoxy) is 1. The molecule has 1 heterocycles. The lowest BCUT2D eigenvalue weighted by Crippen LogP contribution is -2.48. The number of hydrogen-bond acceptors (Lipinski definition) is 3. The minimum atomic E-state index is -0.0642. The van der Waals surface area contributed by atoms with Crippen LogP contribution < -0.4 is 5.32 Å². The molecule has 0 aromatic rings. The molecule has 3 nitrogen and oxygen atoms in total. The third kappa shape index (κ3) is 2.44. The molecule has 0 aromatic heterocycles. The number of hydrogen-bond donors (Lipinski definition) is 2. The molecular formula is C9H19NO2. The van der Waals surface area contributed by atoms with Gasteiger partial charge in [0.15, 0.2) is 0 Å². The van der Waals surface area contributed by atoms with Gasteiger partial charge in [-0.05, 0) is 25.8 Å². The van der Waals surface area contributed by atoms with E-state index in [1.807, 2.05) is 0 Å². The maximum absolute atomic E-state index is 9.28. The van der Waals surface area contributed by atoms with Crippen LogP contribution in [0, 0.1) is 0 Å². The summed E-state index contributed by atoms with van der Waals surface area (Å²) in [6, 6.07) is 0. The molecule has 2 N–H and O–H groups in total. The van der Waals surface area contributed by atoms with Crippen molar-refractivity contribution in [2.24, 2.45) is 0 Å². The largest absolute Gasteiger partial charge is 0.394 e. The van der Waals surface area contributed by atoms with Crippen LogP contribution in [0.2, 0.25) is 0 Å². The molecule has 0 spiro atoms. The van der Waals surface area contributed by atoms with Crippen molar-refractivity contribution < 1.29 is 9.84 Å². The molecular weight excluding hydrogens is 154 g/mol. The number of aliphatic hydroxyl groups is 1. The first-order valence-electron chi connectivity index (χ1n) is 4.76. The molecule has 0 saturated carbocycles. The summed E-state index contributed by atoms with van der Waals surface area (Å²) in [5.74, 6) is 0. The van der Waals surface area contributed by atoms with Crippen molar-refractivity contribution in [2.75, 3.05) is 26.4 Å². The highest BCUT2D eigenvalue weighted by atomic mass is 16.5. The predicted octanol–water partition coefficient (Wildman–Crippen LogP) is 0.527. The van der Waals surface area contributed by atoms with Crippen LogP contribution in [0.4, 0.5) is 0 Å². The molecule has 12 heavy (non-hydrogen) atoms. The van der Waals surface area contributed by atoms with Crippen molar-refractivity contribution in [1.82, 2.24) is 5.32 Å². The second-order valence-corrected chi connectivity index (χ2v) is 3.43. The van der Waals surface area contributed by atoms with E-state index < -0.39 is 0 Å².